The van der Waals surface area contributed by atoms with E-state index in [0.29, 0.717) is 12.5 Å². The molecule has 2 aromatic rings. The van der Waals surface area contributed by atoms with Crippen LogP contribution in [0.3, 0.4) is 0 Å². The van der Waals surface area contributed by atoms with Crippen LogP contribution < -0.4 is 0 Å². The predicted octanol–water partition coefficient (Wildman–Crippen LogP) is 2.05. The lowest BCUT2D eigenvalue weighted by Gasteiger charge is -2.38. The van der Waals surface area contributed by atoms with Crippen LogP contribution in [0.5, 0.6) is 0 Å². The highest BCUT2D eigenvalue weighted by Gasteiger charge is 2.34. The second kappa shape index (κ2) is 6.02. The van der Waals surface area contributed by atoms with Crippen LogP contribution in [-0.4, -0.2) is 40.2 Å². The molecule has 2 atom stereocenters. The van der Waals surface area contributed by atoms with Gasteiger partial charge < -0.3 is 9.64 Å². The van der Waals surface area contributed by atoms with E-state index in [-0.39, 0.29) is 6.04 Å². The topological polar surface area (TPSA) is 64.4 Å². The third-order valence-corrected chi connectivity index (χ3v) is 4.60. The first-order chi connectivity index (χ1) is 11.0. The smallest absolute Gasteiger partial charge is 0.396 e. The summed E-state index contributed by atoms with van der Waals surface area (Å²) in [6.45, 7) is 2.67. The third-order valence-electron chi connectivity index (χ3n) is 4.60. The molecule has 3 rings (SSSR count). The fourth-order valence-electron chi connectivity index (χ4n) is 3.30. The molecular weight excluding hydrogens is 294 g/mol. The molecule has 122 valence electrons. The van der Waals surface area contributed by atoms with Crippen LogP contribution >= 0.6 is 0 Å². The fourth-order valence-corrected chi connectivity index (χ4v) is 3.30. The zero-order chi connectivity index (χ0) is 16.6. The van der Waals surface area contributed by atoms with Crippen molar-refractivity contribution in [3.05, 3.63) is 30.0 Å². The highest BCUT2D eigenvalue weighted by molar-refractivity contribution is 6.32. The summed E-state index contributed by atoms with van der Waals surface area (Å²) in [5, 5.41) is 5.31. The number of ether oxygens (including phenoxy) is 1. The molecule has 2 heterocycles. The van der Waals surface area contributed by atoms with Crippen LogP contribution in [0.15, 0.2) is 24.4 Å². The second-order valence-corrected chi connectivity index (χ2v) is 6.23. The van der Waals surface area contributed by atoms with Crippen molar-refractivity contribution >= 4 is 22.8 Å². The van der Waals surface area contributed by atoms with Gasteiger partial charge in [0.25, 0.3) is 0 Å². The van der Waals surface area contributed by atoms with Gasteiger partial charge in [0, 0.05) is 19.0 Å². The summed E-state index contributed by atoms with van der Waals surface area (Å²) in [5.74, 6) is -0.986. The third kappa shape index (κ3) is 2.81. The van der Waals surface area contributed by atoms with Crippen LogP contribution in [-0.2, 0) is 21.4 Å². The van der Waals surface area contributed by atoms with Gasteiger partial charge in [0.05, 0.1) is 24.9 Å². The van der Waals surface area contributed by atoms with Gasteiger partial charge in [-0.05, 0) is 30.4 Å². The molecule has 6 heteroatoms. The summed E-state index contributed by atoms with van der Waals surface area (Å²) in [6, 6.07) is 5.98. The highest BCUT2D eigenvalue weighted by atomic mass is 16.5. The SMILES string of the molecule is COC(=O)C(=O)N1CC(C)CCC1c1ccc2cnn(C)c2c1. The van der Waals surface area contributed by atoms with E-state index in [1.807, 2.05) is 30.1 Å². The van der Waals surface area contributed by atoms with Crippen molar-refractivity contribution in [3.8, 4) is 0 Å². The van der Waals surface area contributed by atoms with Crippen LogP contribution in [0.1, 0.15) is 31.4 Å². The minimum atomic E-state index is -0.800. The van der Waals surface area contributed by atoms with Gasteiger partial charge in [-0.1, -0.05) is 19.1 Å². The molecule has 1 aliphatic rings. The van der Waals surface area contributed by atoms with Crippen molar-refractivity contribution in [1.82, 2.24) is 14.7 Å². The molecule has 0 aliphatic carbocycles. The highest BCUT2D eigenvalue weighted by Crippen LogP contribution is 2.34. The van der Waals surface area contributed by atoms with Gasteiger partial charge >= 0.3 is 11.9 Å². The van der Waals surface area contributed by atoms with Gasteiger partial charge in [0.2, 0.25) is 0 Å². The maximum Gasteiger partial charge on any atom is 0.396 e. The first-order valence-corrected chi connectivity index (χ1v) is 7.82. The minimum absolute atomic E-state index is 0.0999. The number of aromatic nitrogens is 2. The largest absolute Gasteiger partial charge is 0.462 e. The standard InChI is InChI=1S/C17H21N3O3/c1-11-4-7-14(20(10-11)16(21)17(22)23-3)12-5-6-13-9-18-19(2)15(13)8-12/h5-6,8-9,11,14H,4,7,10H2,1-3H3. The molecule has 6 nitrogen and oxygen atoms in total. The molecule has 0 bridgehead atoms. The number of likely N-dealkylation sites (tertiary alicyclic amines) is 1. The number of carbonyl (C=O) groups is 2. The lowest BCUT2D eigenvalue weighted by Crippen LogP contribution is -2.45. The van der Waals surface area contributed by atoms with Crippen LogP contribution in [0, 0.1) is 5.92 Å². The van der Waals surface area contributed by atoms with E-state index in [0.717, 1.165) is 29.3 Å². The molecule has 0 radical (unpaired) electrons. The Kier molecular flexibility index (Phi) is 4.07. The number of nitrogens with zero attached hydrogens (tertiary/aromatic N) is 3. The number of benzene rings is 1. The Labute approximate surface area is 135 Å². The molecule has 23 heavy (non-hydrogen) atoms. The number of hydrogen-bond acceptors (Lipinski definition) is 4. The molecule has 1 amide bonds. The molecular formula is C17H21N3O3. The molecule has 1 aromatic carbocycles. The zero-order valence-corrected chi connectivity index (χ0v) is 13.7. The number of rotatable bonds is 1. The first-order valence-electron chi connectivity index (χ1n) is 7.82. The van der Waals surface area contributed by atoms with Crippen molar-refractivity contribution in [2.75, 3.05) is 13.7 Å². The van der Waals surface area contributed by atoms with Crippen molar-refractivity contribution in [2.24, 2.45) is 13.0 Å². The van der Waals surface area contributed by atoms with Crippen LogP contribution in [0.4, 0.5) is 0 Å². The Morgan fingerprint density at radius 2 is 2.09 bits per heavy atom. The van der Waals surface area contributed by atoms with E-state index in [2.05, 4.69) is 22.8 Å². The summed E-state index contributed by atoms with van der Waals surface area (Å²) in [5.41, 5.74) is 2.05. The number of amides is 1. The van der Waals surface area contributed by atoms with E-state index >= 15 is 0 Å². The van der Waals surface area contributed by atoms with Crippen LogP contribution in [0.25, 0.3) is 10.9 Å². The quantitative estimate of drug-likeness (QED) is 0.597. The second-order valence-electron chi connectivity index (χ2n) is 6.23. The zero-order valence-electron chi connectivity index (χ0n) is 13.7. The van der Waals surface area contributed by atoms with E-state index in [9.17, 15) is 9.59 Å². The molecule has 0 N–H and O–H groups in total. The van der Waals surface area contributed by atoms with Gasteiger partial charge in [-0.3, -0.25) is 9.48 Å². The number of carbonyl (C=O) groups excluding carboxylic acids is 2. The molecule has 1 saturated heterocycles. The lowest BCUT2D eigenvalue weighted by atomic mass is 9.89. The Morgan fingerprint density at radius 1 is 1.30 bits per heavy atom. The van der Waals surface area contributed by atoms with Gasteiger partial charge in [0.15, 0.2) is 0 Å². The average Bonchev–Trinajstić information content (AvgIpc) is 2.94. The summed E-state index contributed by atoms with van der Waals surface area (Å²) in [6.07, 6.45) is 3.69. The molecule has 0 saturated carbocycles. The van der Waals surface area contributed by atoms with Gasteiger partial charge in [-0.25, -0.2) is 4.79 Å². The Balaban J connectivity index is 1.97. The van der Waals surface area contributed by atoms with Crippen molar-refractivity contribution in [1.29, 1.82) is 0 Å². The summed E-state index contributed by atoms with van der Waals surface area (Å²) in [7, 11) is 3.14. The van der Waals surface area contributed by atoms with Gasteiger partial charge in [-0.2, -0.15) is 5.10 Å². The molecule has 0 spiro atoms. The summed E-state index contributed by atoms with van der Waals surface area (Å²) in [4.78, 5) is 25.7. The van der Waals surface area contributed by atoms with Gasteiger partial charge in [0.1, 0.15) is 0 Å². The lowest BCUT2D eigenvalue weighted by molar-refractivity contribution is -0.160. The minimum Gasteiger partial charge on any atom is -0.462 e. The summed E-state index contributed by atoms with van der Waals surface area (Å²) >= 11 is 0. The number of fused-ring (bicyclic) bond motifs is 1. The number of piperidine rings is 1. The Hall–Kier alpha value is -2.37. The number of hydrogen-bond donors (Lipinski definition) is 0. The van der Waals surface area contributed by atoms with E-state index in [1.165, 1.54) is 7.11 Å². The Morgan fingerprint density at radius 3 is 2.83 bits per heavy atom. The number of aryl methyl sites for hydroxylation is 1. The maximum atomic E-state index is 12.4. The molecule has 1 fully saturated rings. The number of methoxy groups -OCH3 is 1. The van der Waals surface area contributed by atoms with Crippen molar-refractivity contribution < 1.29 is 14.3 Å². The molecule has 2 unspecified atom stereocenters. The Bertz CT molecular complexity index is 753. The van der Waals surface area contributed by atoms with E-state index in [4.69, 9.17) is 0 Å². The van der Waals surface area contributed by atoms with Crippen molar-refractivity contribution in [2.45, 2.75) is 25.8 Å². The van der Waals surface area contributed by atoms with E-state index < -0.39 is 11.9 Å². The van der Waals surface area contributed by atoms with Gasteiger partial charge in [-0.15, -0.1) is 0 Å². The monoisotopic (exact) mass is 315 g/mol. The fraction of sp³-hybridized carbons (Fsp3) is 0.471. The van der Waals surface area contributed by atoms with E-state index in [1.54, 1.807) is 4.90 Å². The van der Waals surface area contributed by atoms with Crippen LogP contribution in [0.2, 0.25) is 0 Å². The first kappa shape index (κ1) is 15.5. The average molecular weight is 315 g/mol. The summed E-state index contributed by atoms with van der Waals surface area (Å²) < 4.78 is 6.43. The molecule has 1 aliphatic heterocycles. The normalized spacial score (nSPS) is 21.4. The molecule has 1 aromatic heterocycles. The van der Waals surface area contributed by atoms with Crippen molar-refractivity contribution in [3.63, 3.8) is 0 Å². The predicted molar refractivity (Wildman–Crippen MR) is 85.6 cm³/mol. The maximum absolute atomic E-state index is 12.4. The number of esters is 1.